The number of carboxylic acid groups (broad SMARTS) is 1. The zero-order valence-electron chi connectivity index (χ0n) is 8.98. The lowest BCUT2D eigenvalue weighted by atomic mass is 9.97. The van der Waals surface area contributed by atoms with Crippen LogP contribution in [0, 0.1) is 0 Å². The predicted octanol–water partition coefficient (Wildman–Crippen LogP) is 1.49. The van der Waals surface area contributed by atoms with Crippen molar-refractivity contribution in [1.82, 2.24) is 0 Å². The lowest BCUT2D eigenvalue weighted by molar-refractivity contribution is -0.137. The van der Waals surface area contributed by atoms with Crippen molar-refractivity contribution in [3.05, 3.63) is 11.3 Å². The molecule has 0 aromatic heterocycles. The van der Waals surface area contributed by atoms with E-state index in [1.807, 2.05) is 0 Å². The van der Waals surface area contributed by atoms with Crippen molar-refractivity contribution < 1.29 is 19.8 Å². The van der Waals surface area contributed by atoms with Gasteiger partial charge in [-0.05, 0) is 12.8 Å². The minimum atomic E-state index is -0.856. The molecule has 0 radical (unpaired) electrons. The molecule has 0 fully saturated rings. The van der Waals surface area contributed by atoms with Crippen LogP contribution < -0.4 is 0 Å². The standard InChI is InChI=1S/C11H15NO4/c13-9-3-1-4-10(14)8(9)7-12-6-2-5-11(15)16/h7,13H,1-6H2,(H,15,16). The second kappa shape index (κ2) is 6.05. The summed E-state index contributed by atoms with van der Waals surface area (Å²) in [5.74, 6) is -0.852. The maximum absolute atomic E-state index is 11.4. The maximum Gasteiger partial charge on any atom is 0.303 e. The Balaban J connectivity index is 2.43. The first-order valence-electron chi connectivity index (χ1n) is 5.28. The summed E-state index contributed by atoms with van der Waals surface area (Å²) < 4.78 is 0. The van der Waals surface area contributed by atoms with Crippen LogP contribution in [0.3, 0.4) is 0 Å². The van der Waals surface area contributed by atoms with E-state index >= 15 is 0 Å². The highest BCUT2D eigenvalue weighted by molar-refractivity contribution is 6.14. The summed E-state index contributed by atoms with van der Waals surface area (Å²) in [7, 11) is 0. The minimum absolute atomic E-state index is 0.0658. The second-order valence-corrected chi connectivity index (χ2v) is 3.67. The average Bonchev–Trinajstić information content (AvgIpc) is 2.21. The second-order valence-electron chi connectivity index (χ2n) is 3.67. The van der Waals surface area contributed by atoms with Crippen LogP contribution in [0.1, 0.15) is 32.1 Å². The van der Waals surface area contributed by atoms with Gasteiger partial charge in [0.2, 0.25) is 0 Å². The van der Waals surface area contributed by atoms with Gasteiger partial charge in [-0.1, -0.05) is 0 Å². The average molecular weight is 225 g/mol. The molecule has 0 unspecified atom stereocenters. The first-order chi connectivity index (χ1) is 7.61. The molecule has 1 aliphatic carbocycles. The van der Waals surface area contributed by atoms with Gasteiger partial charge in [0, 0.05) is 32.0 Å². The van der Waals surface area contributed by atoms with Gasteiger partial charge in [0.05, 0.1) is 5.57 Å². The fourth-order valence-corrected chi connectivity index (χ4v) is 1.47. The molecule has 1 aliphatic rings. The van der Waals surface area contributed by atoms with Crippen LogP contribution in [0.15, 0.2) is 16.3 Å². The molecule has 1 rings (SSSR count). The number of hydrogen-bond donors (Lipinski definition) is 2. The highest BCUT2D eigenvalue weighted by Gasteiger charge is 2.17. The topological polar surface area (TPSA) is 87.0 Å². The van der Waals surface area contributed by atoms with Crippen LogP contribution in [-0.2, 0) is 9.59 Å². The molecular formula is C11H15NO4. The highest BCUT2D eigenvalue weighted by Crippen LogP contribution is 2.18. The lowest BCUT2D eigenvalue weighted by Gasteiger charge is -2.10. The van der Waals surface area contributed by atoms with E-state index in [9.17, 15) is 14.7 Å². The fraction of sp³-hybridized carbons (Fsp3) is 0.545. The highest BCUT2D eigenvalue weighted by atomic mass is 16.4. The molecule has 0 saturated heterocycles. The molecule has 0 amide bonds. The number of carbonyl (C=O) groups excluding carboxylic acids is 1. The minimum Gasteiger partial charge on any atom is -0.512 e. The molecule has 5 heteroatoms. The number of hydrogen-bond acceptors (Lipinski definition) is 4. The van der Waals surface area contributed by atoms with Crippen molar-refractivity contribution >= 4 is 18.0 Å². The molecule has 0 saturated carbocycles. The van der Waals surface area contributed by atoms with Crippen molar-refractivity contribution in [2.45, 2.75) is 32.1 Å². The SMILES string of the molecule is O=C(O)CCCN=CC1=C(O)CCCC1=O. The molecule has 88 valence electrons. The van der Waals surface area contributed by atoms with Crippen molar-refractivity contribution in [1.29, 1.82) is 0 Å². The van der Waals surface area contributed by atoms with Crippen LogP contribution >= 0.6 is 0 Å². The number of carboxylic acids is 1. The van der Waals surface area contributed by atoms with Gasteiger partial charge in [0.15, 0.2) is 5.78 Å². The molecule has 0 aromatic rings. The predicted molar refractivity (Wildman–Crippen MR) is 58.7 cm³/mol. The molecule has 0 bridgehead atoms. The summed E-state index contributed by atoms with van der Waals surface area (Å²) in [4.78, 5) is 25.5. The number of carbonyl (C=O) groups is 2. The summed E-state index contributed by atoms with van der Waals surface area (Å²) in [6.07, 6.45) is 3.51. The third-order valence-electron chi connectivity index (χ3n) is 2.33. The van der Waals surface area contributed by atoms with Crippen LogP contribution in [0.25, 0.3) is 0 Å². The number of allylic oxidation sites excluding steroid dienone is 2. The van der Waals surface area contributed by atoms with E-state index in [0.717, 1.165) is 0 Å². The zero-order valence-corrected chi connectivity index (χ0v) is 8.98. The largest absolute Gasteiger partial charge is 0.512 e. The van der Waals surface area contributed by atoms with Gasteiger partial charge in [-0.15, -0.1) is 0 Å². The first-order valence-corrected chi connectivity index (χ1v) is 5.28. The number of aliphatic hydroxyl groups excluding tert-OH is 1. The van der Waals surface area contributed by atoms with E-state index in [4.69, 9.17) is 5.11 Å². The summed E-state index contributed by atoms with van der Waals surface area (Å²) in [5.41, 5.74) is 0.279. The summed E-state index contributed by atoms with van der Waals surface area (Å²) >= 11 is 0. The number of aliphatic hydroxyl groups is 1. The smallest absolute Gasteiger partial charge is 0.303 e. The van der Waals surface area contributed by atoms with Crippen LogP contribution in [0.5, 0.6) is 0 Å². The Bertz CT molecular complexity index is 344. The number of nitrogens with zero attached hydrogens (tertiary/aromatic N) is 1. The van der Waals surface area contributed by atoms with E-state index in [1.165, 1.54) is 6.21 Å². The van der Waals surface area contributed by atoms with Gasteiger partial charge in [-0.3, -0.25) is 14.6 Å². The Hall–Kier alpha value is -1.65. The number of ketones is 1. The number of Topliss-reactive ketones (excluding diaryl/α,β-unsaturated/α-hetero) is 1. The molecule has 0 aromatic carbocycles. The van der Waals surface area contributed by atoms with Gasteiger partial charge in [-0.2, -0.15) is 0 Å². The Morgan fingerprint density at radius 3 is 2.81 bits per heavy atom. The molecular weight excluding hydrogens is 210 g/mol. The molecule has 0 heterocycles. The molecule has 0 spiro atoms. The Labute approximate surface area is 93.5 Å². The first kappa shape index (κ1) is 12.4. The van der Waals surface area contributed by atoms with Gasteiger partial charge in [0.1, 0.15) is 5.76 Å². The van der Waals surface area contributed by atoms with Gasteiger partial charge >= 0.3 is 5.97 Å². The van der Waals surface area contributed by atoms with Crippen LogP contribution in [-0.4, -0.2) is 34.7 Å². The summed E-state index contributed by atoms with van der Waals surface area (Å²) in [6.45, 7) is 0.357. The van der Waals surface area contributed by atoms with Crippen molar-refractivity contribution in [3.63, 3.8) is 0 Å². The van der Waals surface area contributed by atoms with Crippen molar-refractivity contribution in [2.24, 2.45) is 4.99 Å². The fourth-order valence-electron chi connectivity index (χ4n) is 1.47. The molecule has 0 atom stereocenters. The van der Waals surface area contributed by atoms with E-state index in [2.05, 4.69) is 4.99 Å². The number of rotatable bonds is 5. The quantitative estimate of drug-likeness (QED) is 0.548. The molecule has 0 aliphatic heterocycles. The molecule has 5 nitrogen and oxygen atoms in total. The zero-order chi connectivity index (χ0) is 12.0. The summed E-state index contributed by atoms with van der Waals surface area (Å²) in [5, 5.41) is 17.8. The monoisotopic (exact) mass is 225 g/mol. The van der Waals surface area contributed by atoms with Gasteiger partial charge in [-0.25, -0.2) is 0 Å². The Morgan fingerprint density at radius 1 is 1.44 bits per heavy atom. The number of aliphatic imine (C=N–C) groups is 1. The Kier molecular flexibility index (Phi) is 4.69. The van der Waals surface area contributed by atoms with Crippen molar-refractivity contribution in [2.75, 3.05) is 6.54 Å². The van der Waals surface area contributed by atoms with E-state index in [0.29, 0.717) is 32.2 Å². The van der Waals surface area contributed by atoms with E-state index in [1.54, 1.807) is 0 Å². The normalized spacial score (nSPS) is 17.1. The third kappa shape index (κ3) is 3.84. The molecule has 16 heavy (non-hydrogen) atoms. The van der Waals surface area contributed by atoms with Crippen LogP contribution in [0.2, 0.25) is 0 Å². The van der Waals surface area contributed by atoms with Crippen LogP contribution in [0.4, 0.5) is 0 Å². The maximum atomic E-state index is 11.4. The summed E-state index contributed by atoms with van der Waals surface area (Å²) in [6, 6.07) is 0. The van der Waals surface area contributed by atoms with Crippen molar-refractivity contribution in [3.8, 4) is 0 Å². The Morgan fingerprint density at radius 2 is 2.19 bits per heavy atom. The van der Waals surface area contributed by atoms with E-state index in [-0.39, 0.29) is 23.5 Å². The van der Waals surface area contributed by atoms with Gasteiger partial charge < -0.3 is 10.2 Å². The lowest BCUT2D eigenvalue weighted by Crippen LogP contribution is -2.12. The molecule has 2 N–H and O–H groups in total. The third-order valence-corrected chi connectivity index (χ3v) is 2.33. The van der Waals surface area contributed by atoms with E-state index < -0.39 is 5.97 Å². The number of aliphatic carboxylic acids is 1. The van der Waals surface area contributed by atoms with Gasteiger partial charge in [0.25, 0.3) is 0 Å².